The van der Waals surface area contributed by atoms with Crippen molar-refractivity contribution >= 4 is 15.9 Å². The van der Waals surface area contributed by atoms with Gasteiger partial charge in [0.2, 0.25) is 15.9 Å². The van der Waals surface area contributed by atoms with Crippen molar-refractivity contribution in [2.45, 2.75) is 57.4 Å². The van der Waals surface area contributed by atoms with E-state index in [0.29, 0.717) is 19.4 Å². The molecule has 6 heteroatoms. The fourth-order valence-electron chi connectivity index (χ4n) is 2.90. The fourth-order valence-corrected chi connectivity index (χ4v) is 4.11. The molecule has 158 valence electrons. The maximum atomic E-state index is 12.2. The zero-order chi connectivity index (χ0) is 21.3. The molecule has 1 amide bonds. The van der Waals surface area contributed by atoms with Gasteiger partial charge in [-0.3, -0.25) is 4.79 Å². The van der Waals surface area contributed by atoms with Crippen LogP contribution in [-0.2, 0) is 27.7 Å². The summed E-state index contributed by atoms with van der Waals surface area (Å²) in [4.78, 5) is 12.4. The monoisotopic (exact) mass is 416 g/mol. The van der Waals surface area contributed by atoms with Crippen molar-refractivity contribution < 1.29 is 13.2 Å². The fraction of sp³-hybridized carbons (Fsp3) is 0.435. The largest absolute Gasteiger partial charge is 0.354 e. The molecular formula is C23H32N2O3S. The first-order valence-corrected chi connectivity index (χ1v) is 11.7. The molecule has 0 fully saturated rings. The van der Waals surface area contributed by atoms with Crippen LogP contribution in [0.25, 0.3) is 0 Å². The number of benzene rings is 2. The number of rotatable bonds is 11. The number of hydrogen-bond acceptors (Lipinski definition) is 3. The molecule has 0 spiro atoms. The molecule has 1 atom stereocenters. The molecule has 29 heavy (non-hydrogen) atoms. The molecule has 0 aliphatic heterocycles. The van der Waals surface area contributed by atoms with E-state index in [1.54, 1.807) is 24.3 Å². The van der Waals surface area contributed by atoms with Gasteiger partial charge in [-0.2, -0.15) is 0 Å². The highest BCUT2D eigenvalue weighted by atomic mass is 32.2. The van der Waals surface area contributed by atoms with E-state index < -0.39 is 10.0 Å². The molecule has 0 aliphatic rings. The Labute approximate surface area is 175 Å². The van der Waals surface area contributed by atoms with E-state index in [2.05, 4.69) is 22.2 Å². The third kappa shape index (κ3) is 8.38. The lowest BCUT2D eigenvalue weighted by atomic mass is 10.1. The molecule has 0 unspecified atom stereocenters. The summed E-state index contributed by atoms with van der Waals surface area (Å²) in [6.45, 7) is 6.34. The second-order valence-corrected chi connectivity index (χ2v) is 9.65. The van der Waals surface area contributed by atoms with Gasteiger partial charge < -0.3 is 5.32 Å². The number of carbonyl (C=O) groups is 1. The molecule has 0 radical (unpaired) electrons. The number of aryl methyl sites for hydroxylation is 2. The van der Waals surface area contributed by atoms with Gasteiger partial charge in [0.05, 0.1) is 4.90 Å². The molecule has 2 N–H and O–H groups in total. The number of amides is 1. The molecule has 0 heterocycles. The van der Waals surface area contributed by atoms with Crippen LogP contribution < -0.4 is 10.0 Å². The summed E-state index contributed by atoms with van der Waals surface area (Å²) in [5.41, 5.74) is 2.21. The van der Waals surface area contributed by atoms with Crippen LogP contribution in [0.4, 0.5) is 0 Å². The summed E-state index contributed by atoms with van der Waals surface area (Å²) in [6.07, 6.45) is 2.79. The Bertz CT molecular complexity index is 863. The Morgan fingerprint density at radius 1 is 0.897 bits per heavy atom. The summed E-state index contributed by atoms with van der Waals surface area (Å²) in [6, 6.07) is 17.1. The average Bonchev–Trinajstić information content (AvgIpc) is 2.70. The number of hydrogen-bond donors (Lipinski definition) is 2. The highest BCUT2D eigenvalue weighted by molar-refractivity contribution is 7.89. The number of nitrogens with one attached hydrogen (secondary N) is 2. The average molecular weight is 417 g/mol. The van der Waals surface area contributed by atoms with E-state index in [9.17, 15) is 13.2 Å². The second-order valence-electron chi connectivity index (χ2n) is 7.88. The minimum Gasteiger partial charge on any atom is -0.354 e. The van der Waals surface area contributed by atoms with Crippen molar-refractivity contribution in [3.05, 3.63) is 65.7 Å². The lowest BCUT2D eigenvalue weighted by molar-refractivity contribution is -0.121. The third-order valence-corrected chi connectivity index (χ3v) is 6.11. The number of carbonyl (C=O) groups excluding carboxylic acids is 1. The Kier molecular flexibility index (Phi) is 8.86. The van der Waals surface area contributed by atoms with E-state index in [1.807, 2.05) is 39.0 Å². The van der Waals surface area contributed by atoms with Crippen molar-refractivity contribution in [2.75, 3.05) is 6.54 Å². The third-order valence-electron chi connectivity index (χ3n) is 4.67. The van der Waals surface area contributed by atoms with Gasteiger partial charge in [0.1, 0.15) is 0 Å². The highest BCUT2D eigenvalue weighted by Gasteiger charge is 2.14. The van der Waals surface area contributed by atoms with Crippen molar-refractivity contribution in [3.63, 3.8) is 0 Å². The lowest BCUT2D eigenvalue weighted by Crippen LogP contribution is -2.33. The van der Waals surface area contributed by atoms with Crippen LogP contribution in [0.15, 0.2) is 59.5 Å². The van der Waals surface area contributed by atoms with Crippen molar-refractivity contribution in [3.8, 4) is 0 Å². The van der Waals surface area contributed by atoms with Crippen molar-refractivity contribution in [1.82, 2.24) is 10.0 Å². The predicted octanol–water partition coefficient (Wildman–Crippen LogP) is 3.69. The molecular weight excluding hydrogens is 384 g/mol. The van der Waals surface area contributed by atoms with E-state index in [4.69, 9.17) is 0 Å². The molecule has 0 bridgehead atoms. The Balaban J connectivity index is 1.76. The van der Waals surface area contributed by atoms with Crippen molar-refractivity contribution in [1.29, 1.82) is 0 Å². The van der Waals surface area contributed by atoms with Crippen LogP contribution in [0.2, 0.25) is 0 Å². The van der Waals surface area contributed by atoms with E-state index in [-0.39, 0.29) is 22.8 Å². The van der Waals surface area contributed by atoms with Crippen LogP contribution in [0.3, 0.4) is 0 Å². The lowest BCUT2D eigenvalue weighted by Gasteiger charge is -2.14. The van der Waals surface area contributed by atoms with Gasteiger partial charge >= 0.3 is 0 Å². The summed E-state index contributed by atoms with van der Waals surface area (Å²) >= 11 is 0. The predicted molar refractivity (Wildman–Crippen MR) is 117 cm³/mol. The van der Waals surface area contributed by atoms with E-state index in [1.165, 1.54) is 5.56 Å². The van der Waals surface area contributed by atoms with Gasteiger partial charge in [-0.05, 0) is 55.4 Å². The minimum atomic E-state index is -3.48. The Hall–Kier alpha value is -2.18. The first-order chi connectivity index (χ1) is 13.8. The quantitative estimate of drug-likeness (QED) is 0.587. The Morgan fingerprint density at radius 3 is 2.14 bits per heavy atom. The standard InChI is InChI=1S/C23H32N2O3S/c1-18(2)17-24-29(27,28)22-14-11-21(12-15-22)13-16-23(26)25-19(3)9-10-20-7-5-4-6-8-20/h4-8,11-12,14-15,18-19,24H,9-10,13,16-17H2,1-3H3,(H,25,26)/t19-/m1/s1. The van der Waals surface area contributed by atoms with Gasteiger partial charge in [0.15, 0.2) is 0 Å². The molecule has 0 aromatic heterocycles. The van der Waals surface area contributed by atoms with Gasteiger partial charge in [0.25, 0.3) is 0 Å². The summed E-state index contributed by atoms with van der Waals surface area (Å²) in [7, 11) is -3.48. The molecule has 0 aliphatic carbocycles. The minimum absolute atomic E-state index is 0.0147. The maximum absolute atomic E-state index is 12.2. The normalized spacial score (nSPS) is 12.7. The van der Waals surface area contributed by atoms with Gasteiger partial charge in [-0.25, -0.2) is 13.1 Å². The zero-order valence-corrected chi connectivity index (χ0v) is 18.3. The van der Waals surface area contributed by atoms with Crippen LogP contribution in [0, 0.1) is 5.92 Å². The SMILES string of the molecule is CC(C)CNS(=O)(=O)c1ccc(CCC(=O)N[C@H](C)CCc2ccccc2)cc1. The highest BCUT2D eigenvalue weighted by Crippen LogP contribution is 2.12. The van der Waals surface area contributed by atoms with E-state index >= 15 is 0 Å². The van der Waals surface area contributed by atoms with Crippen LogP contribution in [0.1, 0.15) is 44.7 Å². The smallest absolute Gasteiger partial charge is 0.240 e. The first-order valence-electron chi connectivity index (χ1n) is 10.2. The Morgan fingerprint density at radius 2 is 1.52 bits per heavy atom. The molecule has 2 aromatic carbocycles. The van der Waals surface area contributed by atoms with Crippen LogP contribution in [0.5, 0.6) is 0 Å². The molecule has 0 saturated heterocycles. The molecule has 2 rings (SSSR count). The van der Waals surface area contributed by atoms with Crippen molar-refractivity contribution in [2.24, 2.45) is 5.92 Å². The maximum Gasteiger partial charge on any atom is 0.240 e. The summed E-state index contributed by atoms with van der Waals surface area (Å²) in [5, 5.41) is 3.04. The van der Waals surface area contributed by atoms with E-state index in [0.717, 1.165) is 18.4 Å². The zero-order valence-electron chi connectivity index (χ0n) is 17.5. The van der Waals surface area contributed by atoms with Gasteiger partial charge in [-0.1, -0.05) is 56.3 Å². The summed E-state index contributed by atoms with van der Waals surface area (Å²) in [5.74, 6) is 0.263. The summed E-state index contributed by atoms with van der Waals surface area (Å²) < 4.78 is 27.0. The number of sulfonamides is 1. The van der Waals surface area contributed by atoms with Gasteiger partial charge in [0, 0.05) is 19.0 Å². The topological polar surface area (TPSA) is 75.3 Å². The molecule has 2 aromatic rings. The first kappa shape index (κ1) is 23.1. The molecule has 0 saturated carbocycles. The molecule has 5 nitrogen and oxygen atoms in total. The van der Waals surface area contributed by atoms with Crippen LogP contribution >= 0.6 is 0 Å². The van der Waals surface area contributed by atoms with Crippen LogP contribution in [-0.4, -0.2) is 26.9 Å². The second kappa shape index (κ2) is 11.1. The van der Waals surface area contributed by atoms with Gasteiger partial charge in [-0.15, -0.1) is 0 Å².